The number of hydrogen-bond donors (Lipinski definition) is 2. The van der Waals surface area contributed by atoms with Crippen LogP contribution >= 0.6 is 7.60 Å². The van der Waals surface area contributed by atoms with Gasteiger partial charge < -0.3 is 9.79 Å². The first-order valence-electron chi connectivity index (χ1n) is 2.87. The maximum Gasteiger partial charge on any atom is 0.331 e. The molecule has 11 heavy (non-hydrogen) atoms. The van der Waals surface area contributed by atoms with E-state index in [-0.39, 0.29) is 65.4 Å². The van der Waals surface area contributed by atoms with E-state index in [1.165, 1.54) is 0 Å². The number of hydrogen-bond acceptors (Lipinski definition) is 1. The van der Waals surface area contributed by atoms with Crippen LogP contribution < -0.4 is 0 Å². The molecule has 0 bridgehead atoms. The van der Waals surface area contributed by atoms with Crippen LogP contribution in [0.4, 0.5) is 0 Å². The average Bonchev–Trinajstić information content (AvgIpc) is 1.64. The van der Waals surface area contributed by atoms with Crippen molar-refractivity contribution in [1.82, 2.24) is 0 Å². The third-order valence-electron chi connectivity index (χ3n) is 1.65. The SMILES string of the molecule is CCC(C)(C)P(=O)(O)O.[Y].[Y]. The zero-order valence-electron chi connectivity index (χ0n) is 7.11. The summed E-state index contributed by atoms with van der Waals surface area (Å²) in [7, 11) is -3.87. The van der Waals surface area contributed by atoms with Gasteiger partial charge in [-0.05, 0) is 20.3 Å². The Balaban J connectivity index is -0.000000320. The average molecular weight is 330 g/mol. The quantitative estimate of drug-likeness (QED) is 0.752. The molecular weight excluding hydrogens is 317 g/mol. The molecule has 2 radical (unpaired) electrons. The standard InChI is InChI=1S/C5H13O3P.2Y/c1-4-5(2,3)9(6,7)8;;/h4H2,1-3H3,(H2,6,7,8);;. The van der Waals surface area contributed by atoms with Crippen LogP contribution in [0.25, 0.3) is 0 Å². The van der Waals surface area contributed by atoms with Crippen molar-refractivity contribution in [3.63, 3.8) is 0 Å². The van der Waals surface area contributed by atoms with Crippen LogP contribution in [-0.2, 0) is 70.0 Å². The molecule has 62 valence electrons. The Kier molecular flexibility index (Phi) is 11.7. The fourth-order valence-corrected chi connectivity index (χ4v) is 0.618. The first-order valence-corrected chi connectivity index (χ1v) is 4.48. The largest absolute Gasteiger partial charge is 0.331 e. The van der Waals surface area contributed by atoms with E-state index in [1.54, 1.807) is 20.8 Å². The molecule has 0 unspecified atom stereocenters. The van der Waals surface area contributed by atoms with E-state index in [4.69, 9.17) is 9.79 Å². The summed E-state index contributed by atoms with van der Waals surface area (Å²) in [6.07, 6.45) is 0.497. The fourth-order valence-electron chi connectivity index (χ4n) is 0.206. The maximum atomic E-state index is 10.6. The predicted octanol–water partition coefficient (Wildman–Crippen LogP) is 1.35. The molecule has 0 aromatic heterocycles. The van der Waals surface area contributed by atoms with Crippen molar-refractivity contribution in [2.75, 3.05) is 0 Å². The molecule has 0 aromatic carbocycles. The third kappa shape index (κ3) is 6.43. The van der Waals surface area contributed by atoms with Gasteiger partial charge in [-0.1, -0.05) is 6.92 Å². The van der Waals surface area contributed by atoms with Gasteiger partial charge in [0.05, 0.1) is 5.16 Å². The van der Waals surface area contributed by atoms with Gasteiger partial charge in [-0.15, -0.1) is 0 Å². The molecule has 0 atom stereocenters. The summed E-state index contributed by atoms with van der Waals surface area (Å²) in [5.41, 5.74) is 0. The molecule has 0 aliphatic carbocycles. The Morgan fingerprint density at radius 2 is 1.55 bits per heavy atom. The summed E-state index contributed by atoms with van der Waals surface area (Å²) in [6.45, 7) is 4.89. The van der Waals surface area contributed by atoms with Gasteiger partial charge in [-0.3, -0.25) is 4.57 Å². The molecule has 0 heterocycles. The Morgan fingerprint density at radius 1 is 1.27 bits per heavy atom. The Morgan fingerprint density at radius 3 is 1.55 bits per heavy atom. The molecule has 3 nitrogen and oxygen atoms in total. The van der Waals surface area contributed by atoms with Crippen LogP contribution in [0.2, 0.25) is 0 Å². The normalized spacial score (nSPS) is 11.4. The summed E-state index contributed by atoms with van der Waals surface area (Å²) in [5, 5.41) is -0.854. The van der Waals surface area contributed by atoms with Crippen LogP contribution in [0.1, 0.15) is 27.2 Å². The third-order valence-corrected chi connectivity index (χ3v) is 3.55. The molecule has 0 rings (SSSR count). The van der Waals surface area contributed by atoms with Crippen molar-refractivity contribution in [3.05, 3.63) is 0 Å². The topological polar surface area (TPSA) is 57.5 Å². The minimum absolute atomic E-state index is 0. The molecular formula is C5H13O3PY2. The van der Waals surface area contributed by atoms with Gasteiger partial charge in [0.15, 0.2) is 0 Å². The second kappa shape index (κ2) is 6.76. The molecule has 0 saturated carbocycles. The number of rotatable bonds is 2. The molecule has 2 N–H and O–H groups in total. The van der Waals surface area contributed by atoms with E-state index >= 15 is 0 Å². The summed E-state index contributed by atoms with van der Waals surface area (Å²) < 4.78 is 10.6. The van der Waals surface area contributed by atoms with Crippen LogP contribution in [0.5, 0.6) is 0 Å². The van der Waals surface area contributed by atoms with Gasteiger partial charge in [-0.2, -0.15) is 0 Å². The van der Waals surface area contributed by atoms with E-state index in [0.29, 0.717) is 6.42 Å². The second-order valence-corrected chi connectivity index (χ2v) is 5.01. The monoisotopic (exact) mass is 330 g/mol. The van der Waals surface area contributed by atoms with Crippen LogP contribution in [0, 0.1) is 0 Å². The van der Waals surface area contributed by atoms with Gasteiger partial charge in [0.2, 0.25) is 0 Å². The molecule has 0 amide bonds. The molecule has 0 fully saturated rings. The van der Waals surface area contributed by atoms with E-state index < -0.39 is 12.8 Å². The molecule has 0 aliphatic rings. The van der Waals surface area contributed by atoms with E-state index in [0.717, 1.165) is 0 Å². The summed E-state index contributed by atoms with van der Waals surface area (Å²) in [4.78, 5) is 17.3. The maximum absolute atomic E-state index is 10.6. The Hall–Kier alpha value is 2.36. The van der Waals surface area contributed by atoms with Crippen molar-refractivity contribution in [1.29, 1.82) is 0 Å². The van der Waals surface area contributed by atoms with Gasteiger partial charge >= 0.3 is 7.60 Å². The zero-order valence-corrected chi connectivity index (χ0v) is 13.7. The van der Waals surface area contributed by atoms with E-state index in [2.05, 4.69) is 0 Å². The fraction of sp³-hybridized carbons (Fsp3) is 1.00. The first kappa shape index (κ1) is 19.0. The summed E-state index contributed by atoms with van der Waals surface area (Å²) >= 11 is 0. The van der Waals surface area contributed by atoms with Crippen LogP contribution in [-0.4, -0.2) is 14.9 Å². The second-order valence-electron chi connectivity index (χ2n) is 2.71. The van der Waals surface area contributed by atoms with Crippen molar-refractivity contribution < 1.29 is 79.8 Å². The van der Waals surface area contributed by atoms with Gasteiger partial charge in [0.1, 0.15) is 0 Å². The van der Waals surface area contributed by atoms with Gasteiger partial charge in [0.25, 0.3) is 0 Å². The molecule has 6 heteroatoms. The first-order chi connectivity index (χ1) is 3.81. The summed E-state index contributed by atoms with van der Waals surface area (Å²) in [6, 6.07) is 0. The van der Waals surface area contributed by atoms with E-state index in [9.17, 15) is 4.57 Å². The van der Waals surface area contributed by atoms with Crippen molar-refractivity contribution >= 4 is 7.60 Å². The minimum atomic E-state index is -3.87. The minimum Gasteiger partial charge on any atom is -0.324 e. The molecule has 0 spiro atoms. The molecule has 0 saturated heterocycles. The van der Waals surface area contributed by atoms with Gasteiger partial charge in [0, 0.05) is 65.4 Å². The van der Waals surface area contributed by atoms with Gasteiger partial charge in [-0.25, -0.2) is 0 Å². The Labute approximate surface area is 118 Å². The Bertz CT molecular complexity index is 143. The molecule has 0 aliphatic heterocycles. The van der Waals surface area contributed by atoms with Crippen LogP contribution in [0.15, 0.2) is 0 Å². The van der Waals surface area contributed by atoms with E-state index in [1.807, 2.05) is 0 Å². The molecule has 0 aromatic rings. The zero-order chi connectivity index (χ0) is 7.71. The smallest absolute Gasteiger partial charge is 0.324 e. The van der Waals surface area contributed by atoms with Crippen molar-refractivity contribution in [2.24, 2.45) is 0 Å². The van der Waals surface area contributed by atoms with Crippen LogP contribution in [0.3, 0.4) is 0 Å². The van der Waals surface area contributed by atoms with Crippen molar-refractivity contribution in [2.45, 2.75) is 32.3 Å². The summed E-state index contributed by atoms with van der Waals surface area (Å²) in [5.74, 6) is 0. The predicted molar refractivity (Wildman–Crippen MR) is 36.4 cm³/mol. The van der Waals surface area contributed by atoms with Crippen molar-refractivity contribution in [3.8, 4) is 0 Å².